The van der Waals surface area contributed by atoms with Gasteiger partial charge < -0.3 is 9.88 Å². The van der Waals surface area contributed by atoms with Crippen LogP contribution < -0.4 is 5.32 Å². The summed E-state index contributed by atoms with van der Waals surface area (Å²) < 4.78 is 0. The van der Waals surface area contributed by atoms with Gasteiger partial charge in [-0.1, -0.05) is 6.07 Å². The predicted octanol–water partition coefficient (Wildman–Crippen LogP) is 2.94. The summed E-state index contributed by atoms with van der Waals surface area (Å²) in [6, 6.07) is 9.64. The fourth-order valence-corrected chi connectivity index (χ4v) is 3.56. The molecule has 0 aliphatic carbocycles. The number of amides is 2. The summed E-state index contributed by atoms with van der Waals surface area (Å²) in [4.78, 5) is 37.6. The van der Waals surface area contributed by atoms with Crippen LogP contribution in [-0.2, 0) is 4.79 Å². The van der Waals surface area contributed by atoms with Crippen LogP contribution in [0.15, 0.2) is 42.7 Å². The number of benzene rings is 1. The van der Waals surface area contributed by atoms with E-state index < -0.39 is 0 Å². The lowest BCUT2D eigenvalue weighted by Crippen LogP contribution is -2.38. The van der Waals surface area contributed by atoms with Gasteiger partial charge in [0.05, 0.1) is 0 Å². The summed E-state index contributed by atoms with van der Waals surface area (Å²) in [5.41, 5.74) is 2.59. The molecule has 3 heterocycles. The van der Waals surface area contributed by atoms with Crippen molar-refractivity contribution in [3.05, 3.63) is 54.0 Å². The number of anilines is 1. The van der Waals surface area contributed by atoms with E-state index in [1.54, 1.807) is 6.20 Å². The molecule has 0 radical (unpaired) electrons. The van der Waals surface area contributed by atoms with Crippen LogP contribution in [-0.4, -0.2) is 44.8 Å². The maximum atomic E-state index is 12.8. The predicted molar refractivity (Wildman–Crippen MR) is 103 cm³/mol. The third-order valence-electron chi connectivity index (χ3n) is 4.97. The first-order valence-corrected chi connectivity index (χ1v) is 9.07. The standard InChI is InChI=1S/C20H21N5O2/c1-13(26)23-20-22-9-5-17(24-20)15-6-10-25(11-7-15)19(27)16-3-2-14-4-8-21-18(14)12-16/h2-5,8-9,12,15,21H,6-7,10-11H2,1H3,(H,22,23,24,26). The zero-order valence-corrected chi connectivity index (χ0v) is 15.1. The van der Waals surface area contributed by atoms with Gasteiger partial charge in [-0.15, -0.1) is 0 Å². The Labute approximate surface area is 156 Å². The number of H-pyrrole nitrogens is 1. The second kappa shape index (κ2) is 7.19. The summed E-state index contributed by atoms with van der Waals surface area (Å²) >= 11 is 0. The number of likely N-dealkylation sites (tertiary alicyclic amines) is 1. The highest BCUT2D eigenvalue weighted by Gasteiger charge is 2.25. The second-order valence-electron chi connectivity index (χ2n) is 6.83. The number of piperidine rings is 1. The van der Waals surface area contributed by atoms with E-state index in [-0.39, 0.29) is 17.7 Å². The largest absolute Gasteiger partial charge is 0.361 e. The van der Waals surface area contributed by atoms with Gasteiger partial charge in [-0.05, 0) is 42.5 Å². The summed E-state index contributed by atoms with van der Waals surface area (Å²) in [5, 5.41) is 3.72. The van der Waals surface area contributed by atoms with Crippen LogP contribution in [0.3, 0.4) is 0 Å². The molecule has 7 nitrogen and oxygen atoms in total. The Morgan fingerprint density at radius 3 is 2.78 bits per heavy atom. The molecule has 3 aromatic rings. The van der Waals surface area contributed by atoms with Gasteiger partial charge in [0.25, 0.3) is 5.91 Å². The Balaban J connectivity index is 1.42. The number of rotatable bonds is 3. The highest BCUT2D eigenvalue weighted by atomic mass is 16.2. The van der Waals surface area contributed by atoms with Crippen molar-refractivity contribution in [2.75, 3.05) is 18.4 Å². The minimum absolute atomic E-state index is 0.0616. The van der Waals surface area contributed by atoms with Gasteiger partial charge in [0.2, 0.25) is 11.9 Å². The highest BCUT2D eigenvalue weighted by molar-refractivity contribution is 5.98. The maximum absolute atomic E-state index is 12.8. The molecule has 1 aromatic carbocycles. The van der Waals surface area contributed by atoms with Crippen molar-refractivity contribution in [1.29, 1.82) is 0 Å². The molecule has 7 heteroatoms. The fourth-order valence-electron chi connectivity index (χ4n) is 3.56. The Kier molecular flexibility index (Phi) is 4.58. The van der Waals surface area contributed by atoms with E-state index in [9.17, 15) is 9.59 Å². The first kappa shape index (κ1) is 17.2. The average Bonchev–Trinajstić information content (AvgIpc) is 3.15. The van der Waals surface area contributed by atoms with Crippen LogP contribution in [0, 0.1) is 0 Å². The van der Waals surface area contributed by atoms with Crippen LogP contribution in [0.1, 0.15) is 41.7 Å². The molecule has 0 spiro atoms. The quantitative estimate of drug-likeness (QED) is 0.748. The van der Waals surface area contributed by atoms with Gasteiger partial charge in [-0.3, -0.25) is 14.9 Å². The van der Waals surface area contributed by atoms with Crippen molar-refractivity contribution >= 4 is 28.7 Å². The molecule has 27 heavy (non-hydrogen) atoms. The molecule has 1 aliphatic heterocycles. The van der Waals surface area contributed by atoms with E-state index in [0.717, 1.165) is 29.4 Å². The molecule has 4 rings (SSSR count). The first-order valence-electron chi connectivity index (χ1n) is 9.07. The van der Waals surface area contributed by atoms with Crippen LogP contribution in [0.25, 0.3) is 10.9 Å². The van der Waals surface area contributed by atoms with Gasteiger partial charge >= 0.3 is 0 Å². The van der Waals surface area contributed by atoms with Gasteiger partial charge in [-0.25, -0.2) is 9.97 Å². The Bertz CT molecular complexity index is 989. The summed E-state index contributed by atoms with van der Waals surface area (Å²) in [6.07, 6.45) is 5.22. The van der Waals surface area contributed by atoms with Gasteiger partial charge in [0.15, 0.2) is 0 Å². The van der Waals surface area contributed by atoms with E-state index >= 15 is 0 Å². The van der Waals surface area contributed by atoms with Crippen LogP contribution in [0.4, 0.5) is 5.95 Å². The average molecular weight is 363 g/mol. The van der Waals surface area contributed by atoms with Gasteiger partial charge in [0, 0.05) is 55.1 Å². The van der Waals surface area contributed by atoms with Crippen LogP contribution in [0.2, 0.25) is 0 Å². The van der Waals surface area contributed by atoms with Crippen molar-refractivity contribution in [2.45, 2.75) is 25.7 Å². The Morgan fingerprint density at radius 1 is 1.19 bits per heavy atom. The molecule has 138 valence electrons. The smallest absolute Gasteiger partial charge is 0.253 e. The SMILES string of the molecule is CC(=O)Nc1nccc(C2CCN(C(=O)c3ccc4cc[nH]c4c3)CC2)n1. The highest BCUT2D eigenvalue weighted by Crippen LogP contribution is 2.28. The maximum Gasteiger partial charge on any atom is 0.253 e. The summed E-state index contributed by atoms with van der Waals surface area (Å²) in [7, 11) is 0. The van der Waals surface area contributed by atoms with Gasteiger partial charge in [-0.2, -0.15) is 0 Å². The number of aromatic nitrogens is 3. The monoisotopic (exact) mass is 363 g/mol. The second-order valence-corrected chi connectivity index (χ2v) is 6.83. The molecule has 1 fully saturated rings. The lowest BCUT2D eigenvalue weighted by atomic mass is 9.93. The molecule has 2 amide bonds. The molecule has 2 aromatic heterocycles. The third-order valence-corrected chi connectivity index (χ3v) is 4.97. The molecular weight excluding hydrogens is 342 g/mol. The number of hydrogen-bond donors (Lipinski definition) is 2. The van der Waals surface area contributed by atoms with Crippen molar-refractivity contribution in [3.8, 4) is 0 Å². The van der Waals surface area contributed by atoms with E-state index in [0.29, 0.717) is 24.6 Å². The Morgan fingerprint density at radius 2 is 2.00 bits per heavy atom. The zero-order chi connectivity index (χ0) is 18.8. The zero-order valence-electron chi connectivity index (χ0n) is 15.1. The normalized spacial score (nSPS) is 15.1. The number of carbonyl (C=O) groups excluding carboxylic acids is 2. The third kappa shape index (κ3) is 3.67. The summed E-state index contributed by atoms with van der Waals surface area (Å²) in [6.45, 7) is 2.81. The fraction of sp³-hybridized carbons (Fsp3) is 0.300. The van der Waals surface area contributed by atoms with E-state index in [1.165, 1.54) is 6.92 Å². The van der Waals surface area contributed by atoms with Crippen LogP contribution in [0.5, 0.6) is 0 Å². The number of nitrogens with zero attached hydrogens (tertiary/aromatic N) is 3. The van der Waals surface area contributed by atoms with Crippen molar-refractivity contribution in [3.63, 3.8) is 0 Å². The summed E-state index contributed by atoms with van der Waals surface area (Å²) in [5.74, 6) is 0.464. The molecule has 1 saturated heterocycles. The number of nitrogens with one attached hydrogen (secondary N) is 2. The number of fused-ring (bicyclic) bond motifs is 1. The lowest BCUT2D eigenvalue weighted by molar-refractivity contribution is -0.114. The molecule has 0 atom stereocenters. The minimum Gasteiger partial charge on any atom is -0.361 e. The van der Waals surface area contributed by atoms with E-state index in [2.05, 4.69) is 20.3 Å². The van der Waals surface area contributed by atoms with E-state index in [4.69, 9.17) is 0 Å². The first-order chi connectivity index (χ1) is 13.1. The molecule has 0 unspecified atom stereocenters. The Hall–Kier alpha value is -3.22. The molecular formula is C20H21N5O2. The number of hydrogen-bond acceptors (Lipinski definition) is 4. The molecule has 2 N–H and O–H groups in total. The van der Waals surface area contributed by atoms with Crippen molar-refractivity contribution < 1.29 is 9.59 Å². The topological polar surface area (TPSA) is 91.0 Å². The number of carbonyl (C=O) groups is 2. The molecule has 0 bridgehead atoms. The van der Waals surface area contributed by atoms with Crippen LogP contribution >= 0.6 is 0 Å². The van der Waals surface area contributed by atoms with Gasteiger partial charge in [0.1, 0.15) is 0 Å². The van der Waals surface area contributed by atoms with Crippen molar-refractivity contribution in [1.82, 2.24) is 19.9 Å². The minimum atomic E-state index is -0.188. The molecule has 1 aliphatic rings. The van der Waals surface area contributed by atoms with Crippen molar-refractivity contribution in [2.24, 2.45) is 0 Å². The lowest BCUT2D eigenvalue weighted by Gasteiger charge is -2.32. The number of aromatic amines is 1. The molecule has 0 saturated carbocycles. The van der Waals surface area contributed by atoms with E-state index in [1.807, 2.05) is 41.4 Å².